The molecule has 3 nitrogen and oxygen atoms in total. The molecular formula is C14H18FN3. The molecule has 1 aromatic carbocycles. The molecule has 2 N–H and O–H groups in total. The maximum atomic E-state index is 13.1. The molecule has 18 heavy (non-hydrogen) atoms. The number of aromatic nitrogens is 2. The molecule has 0 radical (unpaired) electrons. The molecule has 0 aliphatic carbocycles. The Hall–Kier alpha value is -1.68. The van der Waals surface area contributed by atoms with E-state index in [1.165, 1.54) is 6.07 Å². The lowest BCUT2D eigenvalue weighted by Crippen LogP contribution is -2.09. The molecule has 0 bridgehead atoms. The first kappa shape index (κ1) is 12.8. The molecule has 0 atom stereocenters. The lowest BCUT2D eigenvalue weighted by molar-refractivity contribution is 0.610. The molecule has 0 fully saturated rings. The fourth-order valence-corrected chi connectivity index (χ4v) is 2.09. The van der Waals surface area contributed by atoms with Crippen LogP contribution in [0.4, 0.5) is 4.39 Å². The van der Waals surface area contributed by atoms with Crippen LogP contribution in [0, 0.1) is 5.82 Å². The van der Waals surface area contributed by atoms with Crippen LogP contribution in [0.15, 0.2) is 30.5 Å². The van der Waals surface area contributed by atoms with Gasteiger partial charge in [0.15, 0.2) is 0 Å². The largest absolute Gasteiger partial charge is 0.326 e. The second kappa shape index (κ2) is 5.78. The van der Waals surface area contributed by atoms with Gasteiger partial charge in [0.25, 0.3) is 0 Å². The minimum atomic E-state index is -0.212. The Labute approximate surface area is 106 Å². The second-order valence-electron chi connectivity index (χ2n) is 4.36. The van der Waals surface area contributed by atoms with E-state index in [2.05, 4.69) is 12.0 Å². The van der Waals surface area contributed by atoms with E-state index >= 15 is 0 Å². The molecule has 4 heteroatoms. The number of hydrogen-bond acceptors (Lipinski definition) is 2. The second-order valence-corrected chi connectivity index (χ2v) is 4.36. The van der Waals surface area contributed by atoms with Crippen LogP contribution in [0.2, 0.25) is 0 Å². The van der Waals surface area contributed by atoms with Gasteiger partial charge in [-0.05, 0) is 24.1 Å². The van der Waals surface area contributed by atoms with Crippen molar-refractivity contribution in [3.05, 3.63) is 53.1 Å². The molecule has 0 saturated heterocycles. The Morgan fingerprint density at radius 1 is 1.39 bits per heavy atom. The van der Waals surface area contributed by atoms with Crippen molar-refractivity contribution in [1.29, 1.82) is 0 Å². The van der Waals surface area contributed by atoms with E-state index in [4.69, 9.17) is 5.73 Å². The zero-order valence-electron chi connectivity index (χ0n) is 10.6. The van der Waals surface area contributed by atoms with E-state index < -0.39 is 0 Å². The van der Waals surface area contributed by atoms with Gasteiger partial charge in [0.2, 0.25) is 0 Å². The molecule has 0 aliphatic heterocycles. The van der Waals surface area contributed by atoms with Crippen LogP contribution in [0.1, 0.15) is 30.2 Å². The van der Waals surface area contributed by atoms with Crippen LogP contribution in [0.25, 0.3) is 0 Å². The van der Waals surface area contributed by atoms with Crippen molar-refractivity contribution in [2.24, 2.45) is 5.73 Å². The van der Waals surface area contributed by atoms with Crippen LogP contribution in [0.5, 0.6) is 0 Å². The van der Waals surface area contributed by atoms with Crippen molar-refractivity contribution in [3.63, 3.8) is 0 Å². The van der Waals surface area contributed by atoms with Gasteiger partial charge in [-0.3, -0.25) is 4.68 Å². The Morgan fingerprint density at radius 2 is 2.22 bits per heavy atom. The smallest absolute Gasteiger partial charge is 0.123 e. The van der Waals surface area contributed by atoms with Crippen LogP contribution in [-0.4, -0.2) is 9.78 Å². The van der Waals surface area contributed by atoms with Gasteiger partial charge in [-0.2, -0.15) is 5.10 Å². The van der Waals surface area contributed by atoms with E-state index in [1.54, 1.807) is 12.1 Å². The topological polar surface area (TPSA) is 43.8 Å². The highest BCUT2D eigenvalue weighted by Gasteiger charge is 2.09. The van der Waals surface area contributed by atoms with E-state index in [-0.39, 0.29) is 5.82 Å². The van der Waals surface area contributed by atoms with E-state index in [0.717, 1.165) is 29.7 Å². The SMILES string of the molecule is CCCc1c(CN)cnn1Cc1cccc(F)c1. The van der Waals surface area contributed by atoms with Crippen molar-refractivity contribution in [3.8, 4) is 0 Å². The molecular weight excluding hydrogens is 229 g/mol. The summed E-state index contributed by atoms with van der Waals surface area (Å²) in [6.45, 7) is 3.21. The first-order valence-electron chi connectivity index (χ1n) is 6.22. The minimum Gasteiger partial charge on any atom is -0.326 e. The normalized spacial score (nSPS) is 10.8. The summed E-state index contributed by atoms with van der Waals surface area (Å²) in [4.78, 5) is 0. The molecule has 1 heterocycles. The summed E-state index contributed by atoms with van der Waals surface area (Å²) < 4.78 is 15.1. The van der Waals surface area contributed by atoms with Gasteiger partial charge in [0.05, 0.1) is 12.7 Å². The summed E-state index contributed by atoms with van der Waals surface area (Å²) >= 11 is 0. The molecule has 0 aliphatic rings. The van der Waals surface area contributed by atoms with Crippen molar-refractivity contribution in [1.82, 2.24) is 9.78 Å². The third-order valence-corrected chi connectivity index (χ3v) is 2.96. The summed E-state index contributed by atoms with van der Waals surface area (Å²) in [6, 6.07) is 6.62. The summed E-state index contributed by atoms with van der Waals surface area (Å²) in [6.07, 6.45) is 3.80. The molecule has 2 rings (SSSR count). The average Bonchev–Trinajstić information content (AvgIpc) is 2.72. The van der Waals surface area contributed by atoms with Crippen LogP contribution < -0.4 is 5.73 Å². The standard InChI is InChI=1S/C14H18FN3/c1-2-4-14-12(8-16)9-17-18(14)10-11-5-3-6-13(15)7-11/h3,5-7,9H,2,4,8,10,16H2,1H3. The Kier molecular flexibility index (Phi) is 4.10. The first-order valence-corrected chi connectivity index (χ1v) is 6.22. The monoisotopic (exact) mass is 247 g/mol. The molecule has 0 spiro atoms. The van der Waals surface area contributed by atoms with Gasteiger partial charge in [0, 0.05) is 17.8 Å². The summed E-state index contributed by atoms with van der Waals surface area (Å²) in [5.41, 5.74) is 8.85. The first-order chi connectivity index (χ1) is 8.74. The quantitative estimate of drug-likeness (QED) is 0.882. The lowest BCUT2D eigenvalue weighted by Gasteiger charge is -2.08. The van der Waals surface area contributed by atoms with Gasteiger partial charge in [0.1, 0.15) is 5.82 Å². The van der Waals surface area contributed by atoms with Gasteiger partial charge in [-0.25, -0.2) is 4.39 Å². The number of benzene rings is 1. The van der Waals surface area contributed by atoms with Crippen molar-refractivity contribution < 1.29 is 4.39 Å². The third kappa shape index (κ3) is 2.76. The zero-order chi connectivity index (χ0) is 13.0. The number of rotatable bonds is 5. The van der Waals surface area contributed by atoms with Crippen molar-refractivity contribution in [2.45, 2.75) is 32.9 Å². The van der Waals surface area contributed by atoms with Crippen LogP contribution in [0.3, 0.4) is 0 Å². The fourth-order valence-electron chi connectivity index (χ4n) is 2.09. The minimum absolute atomic E-state index is 0.212. The average molecular weight is 247 g/mol. The summed E-state index contributed by atoms with van der Waals surface area (Å²) in [7, 11) is 0. The lowest BCUT2D eigenvalue weighted by atomic mass is 10.1. The van der Waals surface area contributed by atoms with Crippen LogP contribution in [-0.2, 0) is 19.5 Å². The molecule has 2 aromatic rings. The maximum absolute atomic E-state index is 13.1. The number of hydrogen-bond donors (Lipinski definition) is 1. The Balaban J connectivity index is 2.25. The Morgan fingerprint density at radius 3 is 2.89 bits per heavy atom. The fraction of sp³-hybridized carbons (Fsp3) is 0.357. The van der Waals surface area contributed by atoms with Gasteiger partial charge in [-0.1, -0.05) is 25.5 Å². The summed E-state index contributed by atoms with van der Waals surface area (Å²) in [5, 5.41) is 4.34. The number of halogens is 1. The highest BCUT2D eigenvalue weighted by atomic mass is 19.1. The number of nitrogens with two attached hydrogens (primary N) is 1. The van der Waals surface area contributed by atoms with Crippen LogP contribution >= 0.6 is 0 Å². The van der Waals surface area contributed by atoms with E-state index in [0.29, 0.717) is 13.1 Å². The van der Waals surface area contributed by atoms with E-state index in [1.807, 2.05) is 16.9 Å². The Bertz CT molecular complexity index is 520. The predicted molar refractivity (Wildman–Crippen MR) is 69.6 cm³/mol. The van der Waals surface area contributed by atoms with Gasteiger partial charge >= 0.3 is 0 Å². The predicted octanol–water partition coefficient (Wildman–Crippen LogP) is 2.48. The highest BCUT2D eigenvalue weighted by Crippen LogP contribution is 2.13. The van der Waals surface area contributed by atoms with Gasteiger partial charge in [-0.15, -0.1) is 0 Å². The molecule has 96 valence electrons. The highest BCUT2D eigenvalue weighted by molar-refractivity contribution is 5.21. The van der Waals surface area contributed by atoms with Crippen molar-refractivity contribution >= 4 is 0 Å². The molecule has 0 amide bonds. The molecule has 0 unspecified atom stereocenters. The van der Waals surface area contributed by atoms with E-state index in [9.17, 15) is 4.39 Å². The molecule has 0 saturated carbocycles. The third-order valence-electron chi connectivity index (χ3n) is 2.96. The maximum Gasteiger partial charge on any atom is 0.123 e. The van der Waals surface area contributed by atoms with Crippen molar-refractivity contribution in [2.75, 3.05) is 0 Å². The number of nitrogens with zero attached hydrogens (tertiary/aromatic N) is 2. The molecule has 1 aromatic heterocycles. The zero-order valence-corrected chi connectivity index (χ0v) is 10.6. The van der Waals surface area contributed by atoms with Gasteiger partial charge < -0.3 is 5.73 Å². The summed E-state index contributed by atoms with van der Waals surface area (Å²) in [5.74, 6) is -0.212.